The quantitative estimate of drug-likeness (QED) is 0.167. The Morgan fingerprint density at radius 2 is 1.09 bits per heavy atom. The van der Waals surface area contributed by atoms with Gasteiger partial charge in [0.2, 0.25) is 0 Å². The second-order valence-electron chi connectivity index (χ2n) is 7.97. The molecule has 0 aliphatic rings. The molecule has 0 saturated carbocycles. The van der Waals surface area contributed by atoms with Crippen molar-refractivity contribution >= 4 is 13.9 Å². The van der Waals surface area contributed by atoms with Gasteiger partial charge in [-0.15, -0.1) is 0 Å². The van der Waals surface area contributed by atoms with Crippen molar-refractivity contribution in [1.82, 2.24) is 0 Å². The first kappa shape index (κ1) is 21.6. The average Bonchev–Trinajstić information content (AvgIpc) is 2.46. The summed E-state index contributed by atoms with van der Waals surface area (Å²) in [6.45, 7) is 10.9. The van der Waals surface area contributed by atoms with E-state index in [1.54, 1.807) is 0 Å². The highest BCUT2D eigenvalue weighted by molar-refractivity contribution is 6.76. The van der Waals surface area contributed by atoms with Gasteiger partial charge in [0.15, 0.2) is 5.78 Å². The molecule has 0 aromatic heterocycles. The van der Waals surface area contributed by atoms with Crippen molar-refractivity contribution in [2.24, 2.45) is 0 Å². The molecule has 0 amide bonds. The Morgan fingerprint density at radius 3 is 1.45 bits per heavy atom. The first-order chi connectivity index (χ1) is 10.5. The van der Waals surface area contributed by atoms with Gasteiger partial charge in [0.05, 0.1) is 0 Å². The highest BCUT2D eigenvalue weighted by Gasteiger charge is 2.11. The van der Waals surface area contributed by atoms with Crippen LogP contribution in [-0.4, -0.2) is 13.9 Å². The molecular formula is C20H40OSi. The van der Waals surface area contributed by atoms with E-state index in [-0.39, 0.29) is 5.78 Å². The molecule has 0 aliphatic carbocycles. The van der Waals surface area contributed by atoms with Gasteiger partial charge in [-0.2, -0.15) is 0 Å². The van der Waals surface area contributed by atoms with Crippen molar-refractivity contribution in [1.29, 1.82) is 0 Å². The van der Waals surface area contributed by atoms with Crippen molar-refractivity contribution in [3.8, 4) is 0 Å². The topological polar surface area (TPSA) is 17.1 Å². The number of unbranched alkanes of at least 4 members (excludes halogenated alkanes) is 11. The SMILES string of the molecule is C=CC(=O)CCCCCCCCCCCCCC[Si](C)(C)C. The van der Waals surface area contributed by atoms with Crippen LogP contribution in [0.4, 0.5) is 0 Å². The van der Waals surface area contributed by atoms with Gasteiger partial charge in [0.1, 0.15) is 0 Å². The smallest absolute Gasteiger partial charge is 0.155 e. The second kappa shape index (κ2) is 14.2. The Morgan fingerprint density at radius 1 is 0.727 bits per heavy atom. The molecule has 1 nitrogen and oxygen atoms in total. The van der Waals surface area contributed by atoms with E-state index < -0.39 is 8.07 Å². The second-order valence-corrected chi connectivity index (χ2v) is 13.6. The molecule has 0 atom stereocenters. The van der Waals surface area contributed by atoms with E-state index in [2.05, 4.69) is 26.2 Å². The van der Waals surface area contributed by atoms with Crippen LogP contribution in [0.25, 0.3) is 0 Å². The van der Waals surface area contributed by atoms with Crippen molar-refractivity contribution in [3.63, 3.8) is 0 Å². The monoisotopic (exact) mass is 324 g/mol. The fourth-order valence-corrected chi connectivity index (χ4v) is 4.14. The van der Waals surface area contributed by atoms with Crippen LogP contribution < -0.4 is 0 Å². The number of carbonyl (C=O) groups excluding carboxylic acids is 1. The normalized spacial score (nSPS) is 11.6. The lowest BCUT2D eigenvalue weighted by Gasteiger charge is -2.14. The van der Waals surface area contributed by atoms with E-state index in [1.807, 2.05) is 0 Å². The molecule has 0 rings (SSSR count). The van der Waals surface area contributed by atoms with Crippen LogP contribution in [-0.2, 0) is 4.79 Å². The van der Waals surface area contributed by atoms with Gasteiger partial charge in [-0.05, 0) is 12.5 Å². The fraction of sp³-hybridized carbons (Fsp3) is 0.850. The molecule has 0 aromatic rings. The number of ketones is 1. The van der Waals surface area contributed by atoms with Gasteiger partial charge >= 0.3 is 0 Å². The molecule has 22 heavy (non-hydrogen) atoms. The predicted octanol–water partition coefficient (Wildman–Crippen LogP) is 7.15. The van der Waals surface area contributed by atoms with Crippen LogP contribution in [0.1, 0.15) is 83.5 Å². The molecule has 0 aromatic carbocycles. The summed E-state index contributed by atoms with van der Waals surface area (Å²) in [5.74, 6) is 0.199. The number of hydrogen-bond donors (Lipinski definition) is 0. The molecule has 0 bridgehead atoms. The minimum absolute atomic E-state index is 0.199. The summed E-state index contributed by atoms with van der Waals surface area (Å²) in [7, 11) is -0.790. The van der Waals surface area contributed by atoms with Gasteiger partial charge in [-0.25, -0.2) is 0 Å². The zero-order valence-corrected chi connectivity index (χ0v) is 16.6. The molecule has 0 aliphatic heterocycles. The predicted molar refractivity (Wildman–Crippen MR) is 103 cm³/mol. The largest absolute Gasteiger partial charge is 0.295 e. The van der Waals surface area contributed by atoms with Gasteiger partial charge in [0.25, 0.3) is 0 Å². The van der Waals surface area contributed by atoms with Crippen molar-refractivity contribution in [2.75, 3.05) is 0 Å². The van der Waals surface area contributed by atoms with E-state index in [0.29, 0.717) is 6.42 Å². The highest BCUT2D eigenvalue weighted by Crippen LogP contribution is 2.16. The Labute approximate surface area is 141 Å². The summed E-state index contributed by atoms with van der Waals surface area (Å²) in [6, 6.07) is 1.51. The Hall–Kier alpha value is -0.373. The van der Waals surface area contributed by atoms with E-state index in [9.17, 15) is 4.79 Å². The van der Waals surface area contributed by atoms with Crippen LogP contribution in [0.15, 0.2) is 12.7 Å². The molecule has 0 N–H and O–H groups in total. The van der Waals surface area contributed by atoms with E-state index >= 15 is 0 Å². The Balaban J connectivity index is 3.09. The Bertz CT molecular complexity index is 278. The zero-order valence-electron chi connectivity index (χ0n) is 15.6. The number of hydrogen-bond acceptors (Lipinski definition) is 1. The van der Waals surface area contributed by atoms with Crippen LogP contribution in [0.5, 0.6) is 0 Å². The van der Waals surface area contributed by atoms with Gasteiger partial charge in [0, 0.05) is 14.5 Å². The van der Waals surface area contributed by atoms with Gasteiger partial charge in [-0.1, -0.05) is 103 Å². The number of carbonyl (C=O) groups is 1. The molecule has 0 saturated heterocycles. The van der Waals surface area contributed by atoms with Crippen LogP contribution >= 0.6 is 0 Å². The molecule has 130 valence electrons. The minimum Gasteiger partial charge on any atom is -0.295 e. The lowest BCUT2D eigenvalue weighted by atomic mass is 10.0. The average molecular weight is 325 g/mol. The number of allylic oxidation sites excluding steroid dienone is 1. The molecule has 0 fully saturated rings. The summed E-state index contributed by atoms with van der Waals surface area (Å²) >= 11 is 0. The summed E-state index contributed by atoms with van der Waals surface area (Å²) in [5.41, 5.74) is 0. The number of rotatable bonds is 16. The zero-order chi connectivity index (χ0) is 16.7. The summed E-state index contributed by atoms with van der Waals surface area (Å²) in [4.78, 5) is 11.0. The fourth-order valence-electron chi connectivity index (χ4n) is 2.82. The lowest BCUT2D eigenvalue weighted by molar-refractivity contribution is -0.114. The molecule has 0 spiro atoms. The third kappa shape index (κ3) is 17.7. The third-order valence-electron chi connectivity index (χ3n) is 4.33. The molecule has 0 heterocycles. The van der Waals surface area contributed by atoms with Gasteiger partial charge < -0.3 is 0 Å². The summed E-state index contributed by atoms with van der Waals surface area (Å²) < 4.78 is 0. The highest BCUT2D eigenvalue weighted by atomic mass is 28.3. The van der Waals surface area contributed by atoms with E-state index in [4.69, 9.17) is 0 Å². The van der Waals surface area contributed by atoms with E-state index in [1.165, 1.54) is 82.7 Å². The summed E-state index contributed by atoms with van der Waals surface area (Å²) in [6.07, 6.45) is 18.5. The maximum atomic E-state index is 11.0. The molecule has 0 radical (unpaired) electrons. The maximum absolute atomic E-state index is 11.0. The molecule has 0 unspecified atom stereocenters. The van der Waals surface area contributed by atoms with Crippen LogP contribution in [0.2, 0.25) is 25.7 Å². The molecular weight excluding hydrogens is 284 g/mol. The van der Waals surface area contributed by atoms with Gasteiger partial charge in [-0.3, -0.25) is 4.79 Å². The Kier molecular flexibility index (Phi) is 14.0. The standard InChI is InChI=1S/C20H40OSi/c1-5-20(21)18-16-14-12-10-8-6-7-9-11-13-15-17-19-22(2,3)4/h5H,1,6-19H2,2-4H3. The van der Waals surface area contributed by atoms with Crippen molar-refractivity contribution in [2.45, 2.75) is 109 Å². The van der Waals surface area contributed by atoms with Crippen LogP contribution in [0.3, 0.4) is 0 Å². The summed E-state index contributed by atoms with van der Waals surface area (Å²) in [5, 5.41) is 0. The maximum Gasteiger partial charge on any atom is 0.155 e. The van der Waals surface area contributed by atoms with Crippen molar-refractivity contribution < 1.29 is 4.79 Å². The minimum atomic E-state index is -0.790. The third-order valence-corrected chi connectivity index (χ3v) is 6.18. The first-order valence-corrected chi connectivity index (χ1v) is 13.3. The van der Waals surface area contributed by atoms with Crippen LogP contribution in [0, 0.1) is 0 Å². The molecule has 2 heteroatoms. The lowest BCUT2D eigenvalue weighted by Crippen LogP contribution is -2.18. The van der Waals surface area contributed by atoms with E-state index in [0.717, 1.165) is 6.42 Å². The van der Waals surface area contributed by atoms with Crippen molar-refractivity contribution in [3.05, 3.63) is 12.7 Å². The first-order valence-electron chi connectivity index (χ1n) is 9.61.